The average Bonchev–Trinajstić information content (AvgIpc) is 3.26. The number of hydrogen-bond donors (Lipinski definition) is 1. The summed E-state index contributed by atoms with van der Waals surface area (Å²) in [6.45, 7) is 0.191. The van der Waals surface area contributed by atoms with Gasteiger partial charge in [-0.3, -0.25) is 9.36 Å². The van der Waals surface area contributed by atoms with Crippen molar-refractivity contribution in [2.75, 3.05) is 18.2 Å². The van der Waals surface area contributed by atoms with E-state index in [0.29, 0.717) is 22.4 Å². The highest BCUT2D eigenvalue weighted by molar-refractivity contribution is 7.99. The van der Waals surface area contributed by atoms with Crippen molar-refractivity contribution in [2.45, 2.75) is 11.8 Å². The van der Waals surface area contributed by atoms with Crippen molar-refractivity contribution in [3.8, 4) is 17.2 Å². The topological polar surface area (TPSA) is 78.3 Å². The lowest BCUT2D eigenvalue weighted by molar-refractivity contribution is -0.113. The highest BCUT2D eigenvalue weighted by Gasteiger charge is 2.16. The van der Waals surface area contributed by atoms with Crippen LogP contribution >= 0.6 is 11.8 Å². The number of amides is 1. The molecule has 0 fully saturated rings. The molecule has 0 atom stereocenters. The van der Waals surface area contributed by atoms with Gasteiger partial charge in [-0.2, -0.15) is 0 Å². The molecule has 7 nitrogen and oxygen atoms in total. The fourth-order valence-electron chi connectivity index (χ4n) is 3.00. The molecule has 0 saturated carbocycles. The molecule has 3 aromatic carbocycles. The Bertz CT molecular complexity index is 1200. The molecule has 33 heavy (non-hydrogen) atoms. The van der Waals surface area contributed by atoms with Crippen LogP contribution in [0.5, 0.6) is 11.5 Å². The van der Waals surface area contributed by atoms with E-state index in [4.69, 9.17) is 9.47 Å². The maximum Gasteiger partial charge on any atom is 0.234 e. The molecule has 0 radical (unpaired) electrons. The quantitative estimate of drug-likeness (QED) is 0.361. The smallest absolute Gasteiger partial charge is 0.234 e. The van der Waals surface area contributed by atoms with Crippen LogP contribution in [0.2, 0.25) is 0 Å². The third-order valence-electron chi connectivity index (χ3n) is 4.60. The number of benzene rings is 3. The molecular weight excluding hydrogens is 443 g/mol. The molecular formula is C24H21FN4O3S. The van der Waals surface area contributed by atoms with Crippen LogP contribution in [-0.4, -0.2) is 33.5 Å². The van der Waals surface area contributed by atoms with E-state index in [1.807, 2.05) is 59.2 Å². The Kier molecular flexibility index (Phi) is 7.21. The van der Waals surface area contributed by atoms with Gasteiger partial charge in [0.1, 0.15) is 23.9 Å². The summed E-state index contributed by atoms with van der Waals surface area (Å²) in [6, 6.07) is 22.5. The number of ether oxygens (including phenoxy) is 2. The zero-order valence-corrected chi connectivity index (χ0v) is 18.6. The van der Waals surface area contributed by atoms with Gasteiger partial charge in [0.15, 0.2) is 11.0 Å². The molecule has 9 heteroatoms. The summed E-state index contributed by atoms with van der Waals surface area (Å²) >= 11 is 1.25. The first kappa shape index (κ1) is 22.3. The van der Waals surface area contributed by atoms with Crippen molar-refractivity contribution < 1.29 is 18.7 Å². The van der Waals surface area contributed by atoms with Crippen LogP contribution in [0, 0.1) is 5.82 Å². The molecule has 4 rings (SSSR count). The molecule has 1 amide bonds. The third kappa shape index (κ3) is 5.89. The number of carbonyl (C=O) groups is 1. The number of nitrogens with one attached hydrogen (secondary N) is 1. The molecule has 1 heterocycles. The van der Waals surface area contributed by atoms with Crippen LogP contribution < -0.4 is 14.8 Å². The van der Waals surface area contributed by atoms with Gasteiger partial charge in [0.25, 0.3) is 0 Å². The number of hydrogen-bond acceptors (Lipinski definition) is 6. The molecule has 1 aromatic heterocycles. The van der Waals surface area contributed by atoms with E-state index in [2.05, 4.69) is 15.5 Å². The zero-order chi connectivity index (χ0) is 23.0. The van der Waals surface area contributed by atoms with E-state index in [1.165, 1.54) is 36.0 Å². The molecule has 0 saturated heterocycles. The second-order valence-electron chi connectivity index (χ2n) is 6.88. The van der Waals surface area contributed by atoms with Gasteiger partial charge in [-0.05, 0) is 60.7 Å². The van der Waals surface area contributed by atoms with Crippen LogP contribution in [-0.2, 0) is 11.4 Å². The van der Waals surface area contributed by atoms with Gasteiger partial charge >= 0.3 is 0 Å². The van der Waals surface area contributed by atoms with Crippen LogP contribution in [0.15, 0.2) is 84.0 Å². The normalized spacial score (nSPS) is 10.6. The molecule has 0 unspecified atom stereocenters. The van der Waals surface area contributed by atoms with Gasteiger partial charge in [0, 0.05) is 11.4 Å². The number of carbonyl (C=O) groups excluding carboxylic acids is 1. The second-order valence-corrected chi connectivity index (χ2v) is 7.82. The number of halogens is 1. The Hall–Kier alpha value is -3.85. The summed E-state index contributed by atoms with van der Waals surface area (Å²) in [6.07, 6.45) is 0. The third-order valence-corrected chi connectivity index (χ3v) is 5.53. The molecule has 4 aromatic rings. The highest BCUT2D eigenvalue weighted by atomic mass is 32.2. The maximum absolute atomic E-state index is 13.1. The van der Waals surface area contributed by atoms with Crippen molar-refractivity contribution >= 4 is 23.4 Å². The number of methoxy groups -OCH3 is 1. The second kappa shape index (κ2) is 10.6. The van der Waals surface area contributed by atoms with Gasteiger partial charge in [0.2, 0.25) is 5.91 Å². The first-order valence-electron chi connectivity index (χ1n) is 10.1. The average molecular weight is 465 g/mol. The van der Waals surface area contributed by atoms with Crippen LogP contribution in [0.3, 0.4) is 0 Å². The zero-order valence-electron chi connectivity index (χ0n) is 17.8. The van der Waals surface area contributed by atoms with Gasteiger partial charge in [0.05, 0.1) is 12.9 Å². The summed E-state index contributed by atoms with van der Waals surface area (Å²) in [5, 5.41) is 11.9. The van der Waals surface area contributed by atoms with E-state index >= 15 is 0 Å². The molecule has 1 N–H and O–H groups in total. The molecule has 0 bridgehead atoms. The van der Waals surface area contributed by atoms with E-state index in [9.17, 15) is 9.18 Å². The maximum atomic E-state index is 13.1. The monoisotopic (exact) mass is 464 g/mol. The molecule has 0 spiro atoms. The first-order chi connectivity index (χ1) is 16.1. The van der Waals surface area contributed by atoms with Gasteiger partial charge in [-0.25, -0.2) is 4.39 Å². The molecule has 0 aliphatic rings. The lowest BCUT2D eigenvalue weighted by Gasteiger charge is -2.11. The number of thioether (sulfide) groups is 1. The largest absolute Gasteiger partial charge is 0.497 e. The molecule has 168 valence electrons. The standard InChI is InChI=1S/C24H21FN4O3S/c1-31-20-11-13-21(14-12-20)32-15-22-27-28-24(29(22)19-5-3-2-4-6-19)33-16-23(30)26-18-9-7-17(25)8-10-18/h2-14H,15-16H2,1H3,(H,26,30). The van der Waals surface area contributed by atoms with Crippen LogP contribution in [0.25, 0.3) is 5.69 Å². The number of anilines is 1. The predicted octanol–water partition coefficient (Wildman–Crippen LogP) is 4.72. The van der Waals surface area contributed by atoms with Crippen molar-refractivity contribution in [3.05, 3.63) is 90.5 Å². The van der Waals surface area contributed by atoms with Gasteiger partial charge < -0.3 is 14.8 Å². The summed E-state index contributed by atoms with van der Waals surface area (Å²) in [4.78, 5) is 12.4. The summed E-state index contributed by atoms with van der Waals surface area (Å²) in [5.41, 5.74) is 1.39. The Morgan fingerprint density at radius 3 is 2.36 bits per heavy atom. The summed E-state index contributed by atoms with van der Waals surface area (Å²) < 4.78 is 26.0. The predicted molar refractivity (Wildman–Crippen MR) is 124 cm³/mol. The van der Waals surface area contributed by atoms with E-state index in [-0.39, 0.29) is 24.1 Å². The SMILES string of the molecule is COc1ccc(OCc2nnc(SCC(=O)Nc3ccc(F)cc3)n2-c2ccccc2)cc1. The minimum atomic E-state index is -0.359. The number of rotatable bonds is 9. The Morgan fingerprint density at radius 2 is 1.67 bits per heavy atom. The van der Waals surface area contributed by atoms with Crippen LogP contribution in [0.4, 0.5) is 10.1 Å². The highest BCUT2D eigenvalue weighted by Crippen LogP contribution is 2.24. The summed E-state index contributed by atoms with van der Waals surface area (Å²) in [7, 11) is 1.61. The van der Waals surface area contributed by atoms with E-state index in [0.717, 1.165) is 11.4 Å². The number of nitrogens with zero attached hydrogens (tertiary/aromatic N) is 3. The van der Waals surface area contributed by atoms with E-state index in [1.54, 1.807) is 7.11 Å². The van der Waals surface area contributed by atoms with Gasteiger partial charge in [-0.15, -0.1) is 10.2 Å². The minimum absolute atomic E-state index is 0.113. The lowest BCUT2D eigenvalue weighted by atomic mass is 10.3. The van der Waals surface area contributed by atoms with Crippen molar-refractivity contribution in [1.82, 2.24) is 14.8 Å². The molecule has 0 aliphatic carbocycles. The Balaban J connectivity index is 1.47. The first-order valence-corrected chi connectivity index (χ1v) is 11.1. The van der Waals surface area contributed by atoms with Crippen molar-refractivity contribution in [1.29, 1.82) is 0 Å². The molecule has 0 aliphatic heterocycles. The van der Waals surface area contributed by atoms with Crippen molar-refractivity contribution in [2.24, 2.45) is 0 Å². The lowest BCUT2D eigenvalue weighted by Crippen LogP contribution is -2.14. The Morgan fingerprint density at radius 1 is 0.970 bits per heavy atom. The summed E-state index contributed by atoms with van der Waals surface area (Å²) in [5.74, 6) is 1.53. The van der Waals surface area contributed by atoms with Crippen molar-refractivity contribution in [3.63, 3.8) is 0 Å². The van der Waals surface area contributed by atoms with Gasteiger partial charge in [-0.1, -0.05) is 30.0 Å². The fraction of sp³-hybridized carbons (Fsp3) is 0.125. The minimum Gasteiger partial charge on any atom is -0.497 e. The number of aromatic nitrogens is 3. The number of para-hydroxylation sites is 1. The fourth-order valence-corrected chi connectivity index (χ4v) is 3.77. The Labute approximate surface area is 194 Å². The van der Waals surface area contributed by atoms with E-state index < -0.39 is 0 Å². The van der Waals surface area contributed by atoms with Crippen LogP contribution in [0.1, 0.15) is 5.82 Å².